The third-order valence-electron chi connectivity index (χ3n) is 4.75. The van der Waals surface area contributed by atoms with Crippen LogP contribution in [0, 0.1) is 17.5 Å². The number of fused-ring (bicyclic) bond motifs is 1. The maximum absolute atomic E-state index is 14.3. The maximum atomic E-state index is 14.3. The lowest BCUT2D eigenvalue weighted by atomic mass is 10.0. The number of rotatable bonds is 7. The number of benzene rings is 2. The molecule has 3 rings (SSSR count). The molecule has 160 valence electrons. The summed E-state index contributed by atoms with van der Waals surface area (Å²) in [4.78, 5) is 14.8. The molecule has 1 heterocycles. The van der Waals surface area contributed by atoms with Gasteiger partial charge < -0.3 is 25.3 Å². The number of amides is 1. The van der Waals surface area contributed by atoms with Gasteiger partial charge in [-0.2, -0.15) is 0 Å². The molecule has 0 fully saturated rings. The molecular formula is C21H21F3N2O4. The van der Waals surface area contributed by atoms with Gasteiger partial charge in [-0.1, -0.05) is 0 Å². The quantitative estimate of drug-likeness (QED) is 0.470. The summed E-state index contributed by atoms with van der Waals surface area (Å²) in [6, 6.07) is 7.42. The molecule has 0 aliphatic rings. The highest BCUT2D eigenvalue weighted by atomic mass is 19.1. The Bertz CT molecular complexity index is 1050. The van der Waals surface area contributed by atoms with E-state index in [-0.39, 0.29) is 23.9 Å². The van der Waals surface area contributed by atoms with Gasteiger partial charge in [0.15, 0.2) is 0 Å². The van der Waals surface area contributed by atoms with E-state index >= 15 is 0 Å². The molecule has 0 radical (unpaired) electrons. The second-order valence-electron chi connectivity index (χ2n) is 7.18. The summed E-state index contributed by atoms with van der Waals surface area (Å²) in [6.45, 7) is 0.312. The highest BCUT2D eigenvalue weighted by Crippen LogP contribution is 2.33. The third-order valence-corrected chi connectivity index (χ3v) is 4.75. The van der Waals surface area contributed by atoms with Gasteiger partial charge in [0.25, 0.3) is 0 Å². The fourth-order valence-corrected chi connectivity index (χ4v) is 3.05. The van der Waals surface area contributed by atoms with Crippen LogP contribution in [0.15, 0.2) is 36.4 Å². The minimum Gasteiger partial charge on any atom is -0.449 e. The van der Waals surface area contributed by atoms with Crippen LogP contribution >= 0.6 is 0 Å². The summed E-state index contributed by atoms with van der Waals surface area (Å²) in [5, 5.41) is 21.1. The third kappa shape index (κ3) is 4.58. The van der Waals surface area contributed by atoms with Crippen LogP contribution < -0.4 is 5.32 Å². The number of H-pyrrole nitrogens is 1. The first kappa shape index (κ1) is 21.7. The van der Waals surface area contributed by atoms with E-state index in [1.807, 2.05) is 0 Å². The van der Waals surface area contributed by atoms with Crippen molar-refractivity contribution in [2.24, 2.45) is 0 Å². The van der Waals surface area contributed by atoms with Crippen molar-refractivity contribution in [3.8, 4) is 11.3 Å². The molecule has 0 spiro atoms. The highest BCUT2D eigenvalue weighted by Gasteiger charge is 2.25. The second kappa shape index (κ2) is 8.76. The van der Waals surface area contributed by atoms with Crippen molar-refractivity contribution in [2.45, 2.75) is 18.9 Å². The minimum atomic E-state index is -1.25. The molecule has 0 saturated heterocycles. The molecule has 9 heteroatoms. The molecule has 0 saturated carbocycles. The Morgan fingerprint density at radius 2 is 1.77 bits per heavy atom. The van der Waals surface area contributed by atoms with Gasteiger partial charge in [0.2, 0.25) is 0 Å². The van der Waals surface area contributed by atoms with Crippen LogP contribution in [0.5, 0.6) is 0 Å². The largest absolute Gasteiger partial charge is 0.449 e. The first-order valence-corrected chi connectivity index (χ1v) is 9.18. The number of ether oxygens (including phenoxy) is 1. The number of carbonyl (C=O) groups excluding carboxylic acids is 1. The average Bonchev–Trinajstić information content (AvgIpc) is 3.07. The Morgan fingerprint density at radius 1 is 1.10 bits per heavy atom. The second-order valence-corrected chi connectivity index (χ2v) is 7.18. The number of nitrogens with one attached hydrogen (secondary N) is 2. The Labute approximate surface area is 170 Å². The molecule has 1 amide bonds. The molecular weight excluding hydrogens is 401 g/mol. The fraction of sp³-hybridized carbons (Fsp3) is 0.286. The van der Waals surface area contributed by atoms with Crippen molar-refractivity contribution in [3.63, 3.8) is 0 Å². The van der Waals surface area contributed by atoms with E-state index in [1.165, 1.54) is 37.3 Å². The van der Waals surface area contributed by atoms with E-state index in [1.54, 1.807) is 0 Å². The molecule has 30 heavy (non-hydrogen) atoms. The van der Waals surface area contributed by atoms with Crippen molar-refractivity contribution in [1.29, 1.82) is 0 Å². The zero-order valence-corrected chi connectivity index (χ0v) is 16.1. The minimum absolute atomic E-state index is 0.0864. The predicted octanol–water partition coefficient (Wildman–Crippen LogP) is 3.26. The fourth-order valence-electron chi connectivity index (χ4n) is 3.05. The maximum Gasteiger partial charge on any atom is 0.407 e. The van der Waals surface area contributed by atoms with Gasteiger partial charge in [0.1, 0.15) is 17.5 Å². The van der Waals surface area contributed by atoms with Gasteiger partial charge in [0, 0.05) is 23.6 Å². The lowest BCUT2D eigenvalue weighted by molar-refractivity contribution is 0.0846. The summed E-state index contributed by atoms with van der Waals surface area (Å²) in [7, 11) is 0. The molecule has 2 aromatic carbocycles. The summed E-state index contributed by atoms with van der Waals surface area (Å²) >= 11 is 0. The summed E-state index contributed by atoms with van der Waals surface area (Å²) in [5.41, 5.74) is 0.343. The normalized spacial score (nSPS) is 11.7. The van der Waals surface area contributed by atoms with E-state index in [0.717, 1.165) is 6.07 Å². The number of hydrogen-bond acceptors (Lipinski definition) is 4. The van der Waals surface area contributed by atoms with Crippen LogP contribution in [0.2, 0.25) is 0 Å². The van der Waals surface area contributed by atoms with Gasteiger partial charge in [-0.25, -0.2) is 18.0 Å². The van der Waals surface area contributed by atoms with Crippen LogP contribution in [-0.2, 0) is 11.2 Å². The van der Waals surface area contributed by atoms with Crippen molar-refractivity contribution < 1.29 is 32.9 Å². The van der Waals surface area contributed by atoms with Crippen LogP contribution in [-0.4, -0.2) is 46.6 Å². The first-order chi connectivity index (χ1) is 14.3. The molecule has 4 N–H and O–H groups in total. The standard InChI is InChI=1S/C21H21F3N2O4/c1-21(10-27,11-28)26-20(29)30-7-6-15-16-8-14(23)9-17(24)19(16)25-18(15)12-2-4-13(22)5-3-12/h2-5,8-9,25,27-28H,6-7,10-11H2,1H3,(H,26,29). The molecule has 0 atom stereocenters. The molecule has 6 nitrogen and oxygen atoms in total. The molecule has 0 aliphatic carbocycles. The van der Waals surface area contributed by atoms with Crippen molar-refractivity contribution in [1.82, 2.24) is 10.3 Å². The number of halogens is 3. The first-order valence-electron chi connectivity index (χ1n) is 9.18. The Morgan fingerprint density at radius 3 is 2.40 bits per heavy atom. The molecule has 1 aromatic heterocycles. The van der Waals surface area contributed by atoms with Crippen LogP contribution in [0.3, 0.4) is 0 Å². The van der Waals surface area contributed by atoms with E-state index in [4.69, 9.17) is 4.74 Å². The Balaban J connectivity index is 1.87. The van der Waals surface area contributed by atoms with E-state index in [0.29, 0.717) is 16.8 Å². The molecule has 0 unspecified atom stereocenters. The van der Waals surface area contributed by atoms with Crippen LogP contribution in [0.1, 0.15) is 12.5 Å². The zero-order valence-electron chi connectivity index (χ0n) is 16.1. The van der Waals surface area contributed by atoms with Crippen molar-refractivity contribution in [3.05, 3.63) is 59.4 Å². The summed E-state index contributed by atoms with van der Waals surface area (Å²) in [6.07, 6.45) is -0.751. The Kier molecular flexibility index (Phi) is 6.33. The number of aliphatic hydroxyl groups is 2. The van der Waals surface area contributed by atoms with Gasteiger partial charge >= 0.3 is 6.09 Å². The number of aromatic nitrogens is 1. The number of aliphatic hydroxyl groups excluding tert-OH is 2. The molecule has 3 aromatic rings. The average molecular weight is 422 g/mol. The zero-order chi connectivity index (χ0) is 21.9. The smallest absolute Gasteiger partial charge is 0.407 e. The summed E-state index contributed by atoms with van der Waals surface area (Å²) < 4.78 is 46.5. The predicted molar refractivity (Wildman–Crippen MR) is 104 cm³/mol. The van der Waals surface area contributed by atoms with Crippen LogP contribution in [0.25, 0.3) is 22.2 Å². The Hall–Kier alpha value is -3.04. The summed E-state index contributed by atoms with van der Waals surface area (Å²) in [5.74, 6) is -1.98. The number of aromatic amines is 1. The van der Waals surface area contributed by atoms with Gasteiger partial charge in [-0.05, 0) is 48.4 Å². The van der Waals surface area contributed by atoms with Gasteiger partial charge in [-0.3, -0.25) is 0 Å². The van der Waals surface area contributed by atoms with E-state index in [9.17, 15) is 28.2 Å². The van der Waals surface area contributed by atoms with E-state index < -0.39 is 42.3 Å². The van der Waals surface area contributed by atoms with Gasteiger partial charge in [-0.15, -0.1) is 0 Å². The highest BCUT2D eigenvalue weighted by molar-refractivity contribution is 5.91. The molecule has 0 bridgehead atoms. The van der Waals surface area contributed by atoms with E-state index in [2.05, 4.69) is 10.3 Å². The van der Waals surface area contributed by atoms with Crippen LogP contribution in [0.4, 0.5) is 18.0 Å². The lowest BCUT2D eigenvalue weighted by Crippen LogP contribution is -2.52. The SMILES string of the molecule is CC(CO)(CO)NC(=O)OCCc1c(-c2ccc(F)cc2)[nH]c2c(F)cc(F)cc12. The number of alkyl carbamates (subject to hydrolysis) is 1. The monoisotopic (exact) mass is 422 g/mol. The number of hydrogen-bond donors (Lipinski definition) is 4. The number of carbonyl (C=O) groups is 1. The van der Waals surface area contributed by atoms with Crippen molar-refractivity contribution >= 4 is 17.0 Å². The lowest BCUT2D eigenvalue weighted by Gasteiger charge is -2.25. The topological polar surface area (TPSA) is 94.6 Å². The molecule has 0 aliphatic heterocycles. The van der Waals surface area contributed by atoms with Gasteiger partial charge in [0.05, 0.1) is 30.9 Å². The van der Waals surface area contributed by atoms with Crippen molar-refractivity contribution in [2.75, 3.05) is 19.8 Å².